The quantitative estimate of drug-likeness (QED) is 0.181. The molecule has 0 aromatic heterocycles. The van der Waals surface area contributed by atoms with Crippen LogP contribution < -0.4 is 0 Å². The summed E-state index contributed by atoms with van der Waals surface area (Å²) in [4.78, 5) is 0. The number of phenols is 2. The fraction of sp³-hybridized carbons (Fsp3) is 0.0667. The maximum absolute atomic E-state index is 10.4. The van der Waals surface area contributed by atoms with Gasteiger partial charge in [-0.15, -0.1) is 0 Å². The molecule has 0 saturated heterocycles. The van der Waals surface area contributed by atoms with Gasteiger partial charge < -0.3 is 10.2 Å². The minimum Gasteiger partial charge on any atom is -0.506 e. The first-order chi connectivity index (χ1) is 17.2. The van der Waals surface area contributed by atoms with Gasteiger partial charge in [-0.05, 0) is 140 Å². The normalized spacial score (nSPS) is 11.7. The number of benzene rings is 5. The fourth-order valence-electron chi connectivity index (χ4n) is 4.57. The van der Waals surface area contributed by atoms with Crippen molar-refractivity contribution >= 4 is 74.5 Å². The van der Waals surface area contributed by atoms with Gasteiger partial charge in [0.25, 0.3) is 0 Å². The van der Waals surface area contributed by atoms with Crippen LogP contribution in [0.2, 0.25) is 0 Å². The Morgan fingerprint density at radius 3 is 1.44 bits per heavy atom. The van der Waals surface area contributed by atoms with Crippen molar-refractivity contribution in [2.75, 3.05) is 0 Å². The molecule has 5 rings (SSSR count). The maximum atomic E-state index is 10.4. The van der Waals surface area contributed by atoms with E-state index in [2.05, 4.69) is 137 Å². The third-order valence-corrected chi connectivity index (χ3v) is 9.15. The number of halogens is 4. The molecule has 0 saturated carbocycles. The van der Waals surface area contributed by atoms with Crippen LogP contribution in [0, 0.1) is 0 Å². The molecule has 0 amide bonds. The molecule has 0 aliphatic heterocycles. The van der Waals surface area contributed by atoms with E-state index in [4.69, 9.17) is 0 Å². The highest BCUT2D eigenvalue weighted by Gasteiger charge is 2.33. The Labute approximate surface area is 243 Å². The van der Waals surface area contributed by atoms with E-state index in [-0.39, 0.29) is 11.5 Å². The fourth-order valence-corrected chi connectivity index (χ4v) is 6.95. The molecule has 0 unspecified atom stereocenters. The molecule has 5 aromatic carbocycles. The lowest BCUT2D eigenvalue weighted by molar-refractivity contribution is 0.467. The SMILES string of the molecule is CC(c1ccc(-c2ccc3ccccc3c2)cc1)(c1cc(Br)c(O)c(Br)c1)c1cc(Br)c(O)c(Br)c1. The van der Waals surface area contributed by atoms with Crippen molar-refractivity contribution in [2.45, 2.75) is 12.3 Å². The Kier molecular flexibility index (Phi) is 7.07. The first-order valence-corrected chi connectivity index (χ1v) is 14.3. The molecular weight excluding hydrogens is 712 g/mol. The van der Waals surface area contributed by atoms with E-state index in [0.29, 0.717) is 17.9 Å². The third kappa shape index (κ3) is 4.53. The summed E-state index contributed by atoms with van der Waals surface area (Å²) in [5.74, 6) is 0.307. The molecule has 5 aromatic rings. The summed E-state index contributed by atoms with van der Waals surface area (Å²) >= 11 is 14.0. The number of hydrogen-bond donors (Lipinski definition) is 2. The lowest BCUT2D eigenvalue weighted by Gasteiger charge is -2.33. The predicted octanol–water partition coefficient (Wildman–Crippen LogP) is 10.3. The number of rotatable bonds is 4. The summed E-state index contributed by atoms with van der Waals surface area (Å²) in [6.07, 6.45) is 0. The van der Waals surface area contributed by atoms with Gasteiger partial charge in [0.1, 0.15) is 11.5 Å². The van der Waals surface area contributed by atoms with Gasteiger partial charge in [-0.2, -0.15) is 0 Å². The summed E-state index contributed by atoms with van der Waals surface area (Å²) in [5.41, 5.74) is 4.71. The molecule has 180 valence electrons. The van der Waals surface area contributed by atoms with Crippen LogP contribution in [0.15, 0.2) is 109 Å². The van der Waals surface area contributed by atoms with Crippen LogP contribution in [0.4, 0.5) is 0 Å². The zero-order valence-electron chi connectivity index (χ0n) is 19.1. The second-order valence-electron chi connectivity index (χ2n) is 8.84. The van der Waals surface area contributed by atoms with Crippen molar-refractivity contribution in [3.63, 3.8) is 0 Å². The smallest absolute Gasteiger partial charge is 0.143 e. The molecule has 0 radical (unpaired) electrons. The van der Waals surface area contributed by atoms with E-state index in [9.17, 15) is 10.2 Å². The van der Waals surface area contributed by atoms with E-state index in [0.717, 1.165) is 27.8 Å². The van der Waals surface area contributed by atoms with Gasteiger partial charge in [0.05, 0.1) is 17.9 Å². The summed E-state index contributed by atoms with van der Waals surface area (Å²) in [7, 11) is 0. The first-order valence-electron chi connectivity index (χ1n) is 11.1. The molecular formula is C30H20Br4O2. The average Bonchev–Trinajstić information content (AvgIpc) is 2.89. The molecule has 0 spiro atoms. The van der Waals surface area contributed by atoms with E-state index in [1.165, 1.54) is 10.8 Å². The van der Waals surface area contributed by atoms with Crippen molar-refractivity contribution < 1.29 is 10.2 Å². The highest BCUT2D eigenvalue weighted by atomic mass is 79.9. The van der Waals surface area contributed by atoms with Gasteiger partial charge in [0.15, 0.2) is 0 Å². The molecule has 2 nitrogen and oxygen atoms in total. The minimum absolute atomic E-state index is 0.154. The monoisotopic (exact) mass is 728 g/mol. The van der Waals surface area contributed by atoms with Gasteiger partial charge in [-0.25, -0.2) is 0 Å². The van der Waals surface area contributed by atoms with E-state index in [1.54, 1.807) is 0 Å². The Morgan fingerprint density at radius 1 is 0.500 bits per heavy atom. The number of hydrogen-bond acceptors (Lipinski definition) is 2. The lowest BCUT2D eigenvalue weighted by atomic mass is 9.71. The van der Waals surface area contributed by atoms with Crippen molar-refractivity contribution in [2.24, 2.45) is 0 Å². The van der Waals surface area contributed by atoms with Crippen LogP contribution in [0.5, 0.6) is 11.5 Å². The molecule has 0 fully saturated rings. The summed E-state index contributed by atoms with van der Waals surface area (Å²) in [6.45, 7) is 2.15. The highest BCUT2D eigenvalue weighted by Crippen LogP contribution is 2.47. The van der Waals surface area contributed by atoms with E-state index < -0.39 is 5.41 Å². The topological polar surface area (TPSA) is 40.5 Å². The molecule has 0 atom stereocenters. The lowest BCUT2D eigenvalue weighted by Crippen LogP contribution is -2.25. The first kappa shape index (κ1) is 25.5. The zero-order valence-corrected chi connectivity index (χ0v) is 25.4. The van der Waals surface area contributed by atoms with Crippen LogP contribution in [-0.4, -0.2) is 10.2 Å². The van der Waals surface area contributed by atoms with E-state index in [1.807, 2.05) is 24.3 Å². The van der Waals surface area contributed by atoms with Crippen LogP contribution >= 0.6 is 63.7 Å². The van der Waals surface area contributed by atoms with Gasteiger partial charge in [-0.1, -0.05) is 60.7 Å². The Hall–Kier alpha value is -2.12. The molecule has 0 aliphatic rings. The number of aromatic hydroxyl groups is 2. The van der Waals surface area contributed by atoms with Gasteiger partial charge in [0.2, 0.25) is 0 Å². The average molecular weight is 732 g/mol. The van der Waals surface area contributed by atoms with Crippen molar-refractivity contribution in [3.05, 3.63) is 126 Å². The van der Waals surface area contributed by atoms with Crippen molar-refractivity contribution in [1.29, 1.82) is 0 Å². The highest BCUT2D eigenvalue weighted by molar-refractivity contribution is 9.11. The van der Waals surface area contributed by atoms with Crippen molar-refractivity contribution in [1.82, 2.24) is 0 Å². The Bertz CT molecular complexity index is 1510. The van der Waals surface area contributed by atoms with Crippen LogP contribution in [0.1, 0.15) is 23.6 Å². The second-order valence-corrected chi connectivity index (χ2v) is 12.3. The van der Waals surface area contributed by atoms with Gasteiger partial charge in [-0.3, -0.25) is 0 Å². The molecule has 36 heavy (non-hydrogen) atoms. The predicted molar refractivity (Wildman–Crippen MR) is 162 cm³/mol. The second kappa shape index (κ2) is 9.97. The van der Waals surface area contributed by atoms with Crippen LogP contribution in [-0.2, 0) is 5.41 Å². The number of fused-ring (bicyclic) bond motifs is 1. The number of phenolic OH excluding ortho intramolecular Hbond substituents is 2. The standard InChI is InChI=1S/C30H20Br4O2/c1-30(22-13-24(31)28(35)25(32)14-22,23-15-26(33)29(36)27(34)16-23)21-10-8-18(9-11-21)20-7-6-17-4-2-3-5-19(17)12-20/h2-16,35-36H,1H3. The van der Waals surface area contributed by atoms with Crippen LogP contribution in [0.3, 0.4) is 0 Å². The summed E-state index contributed by atoms with van der Waals surface area (Å²) < 4.78 is 2.40. The summed E-state index contributed by atoms with van der Waals surface area (Å²) in [5, 5.41) is 23.1. The van der Waals surface area contributed by atoms with Gasteiger partial charge in [0, 0.05) is 5.41 Å². The van der Waals surface area contributed by atoms with Crippen LogP contribution in [0.25, 0.3) is 21.9 Å². The van der Waals surface area contributed by atoms with E-state index >= 15 is 0 Å². The van der Waals surface area contributed by atoms with Gasteiger partial charge >= 0.3 is 0 Å². The largest absolute Gasteiger partial charge is 0.506 e. The zero-order chi connectivity index (χ0) is 25.6. The maximum Gasteiger partial charge on any atom is 0.143 e. The Balaban J connectivity index is 1.67. The molecule has 0 bridgehead atoms. The Morgan fingerprint density at radius 2 is 0.944 bits per heavy atom. The molecule has 0 aliphatic carbocycles. The third-order valence-electron chi connectivity index (χ3n) is 6.73. The molecule has 0 heterocycles. The summed E-state index contributed by atoms with van der Waals surface area (Å²) in [6, 6.07) is 31.2. The molecule has 2 N–H and O–H groups in total. The molecule has 6 heteroatoms. The minimum atomic E-state index is -0.598. The van der Waals surface area contributed by atoms with Crippen molar-refractivity contribution in [3.8, 4) is 22.6 Å².